The first-order chi connectivity index (χ1) is 10.7. The van der Waals surface area contributed by atoms with Crippen LogP contribution in [0.15, 0.2) is 24.3 Å². The SMILES string of the molecule is O=C(c1ccccc1OC(F)(F)F)C1CC2CCC(C1)S2(=O)=O. The number of sulfone groups is 1. The molecule has 1 aromatic rings. The molecule has 2 saturated heterocycles. The molecule has 0 N–H and O–H groups in total. The van der Waals surface area contributed by atoms with Gasteiger partial charge in [-0.2, -0.15) is 0 Å². The molecule has 2 aliphatic rings. The van der Waals surface area contributed by atoms with E-state index in [1.165, 1.54) is 18.2 Å². The molecule has 8 heteroatoms. The van der Waals surface area contributed by atoms with E-state index in [4.69, 9.17) is 0 Å². The largest absolute Gasteiger partial charge is 0.573 e. The van der Waals surface area contributed by atoms with E-state index >= 15 is 0 Å². The van der Waals surface area contributed by atoms with Gasteiger partial charge in [0.2, 0.25) is 0 Å². The number of halogens is 3. The predicted octanol–water partition coefficient (Wildman–Crippen LogP) is 3.12. The molecular formula is C15H15F3O4S. The average Bonchev–Trinajstić information content (AvgIpc) is 2.65. The Morgan fingerprint density at radius 3 is 2.22 bits per heavy atom. The third-order valence-corrected chi connectivity index (χ3v) is 7.30. The van der Waals surface area contributed by atoms with Gasteiger partial charge in [0.25, 0.3) is 0 Å². The second-order valence-electron chi connectivity index (χ2n) is 5.99. The van der Waals surface area contributed by atoms with Crippen LogP contribution in [0.25, 0.3) is 0 Å². The van der Waals surface area contributed by atoms with E-state index in [0.717, 1.165) is 6.07 Å². The van der Waals surface area contributed by atoms with Crippen molar-refractivity contribution in [2.75, 3.05) is 0 Å². The monoisotopic (exact) mass is 348 g/mol. The van der Waals surface area contributed by atoms with Gasteiger partial charge in [-0.3, -0.25) is 4.79 Å². The molecule has 2 heterocycles. The number of hydrogen-bond donors (Lipinski definition) is 0. The fraction of sp³-hybridized carbons (Fsp3) is 0.533. The molecule has 2 atom stereocenters. The van der Waals surface area contributed by atoms with Crippen LogP contribution in [-0.4, -0.2) is 31.1 Å². The van der Waals surface area contributed by atoms with Gasteiger partial charge in [0.05, 0.1) is 16.1 Å². The lowest BCUT2D eigenvalue weighted by atomic mass is 9.90. The zero-order valence-corrected chi connectivity index (χ0v) is 12.9. The molecule has 0 saturated carbocycles. The number of fused-ring (bicyclic) bond motifs is 2. The minimum Gasteiger partial charge on any atom is -0.405 e. The van der Waals surface area contributed by atoms with E-state index in [0.29, 0.717) is 12.8 Å². The minimum absolute atomic E-state index is 0.145. The van der Waals surface area contributed by atoms with Crippen molar-refractivity contribution in [1.29, 1.82) is 0 Å². The van der Waals surface area contributed by atoms with Gasteiger partial charge in [0.1, 0.15) is 5.75 Å². The normalized spacial score (nSPS) is 29.3. The summed E-state index contributed by atoms with van der Waals surface area (Å²) in [6.07, 6.45) is -3.48. The summed E-state index contributed by atoms with van der Waals surface area (Å²) in [4.78, 5) is 12.6. The van der Waals surface area contributed by atoms with E-state index in [1.807, 2.05) is 0 Å². The quantitative estimate of drug-likeness (QED) is 0.788. The summed E-state index contributed by atoms with van der Waals surface area (Å²) in [6, 6.07) is 5.20. The van der Waals surface area contributed by atoms with Crippen LogP contribution in [0.1, 0.15) is 36.0 Å². The molecule has 0 aromatic heterocycles. The van der Waals surface area contributed by atoms with Gasteiger partial charge >= 0.3 is 6.36 Å². The molecule has 0 radical (unpaired) electrons. The number of alkyl halides is 3. The van der Waals surface area contributed by atoms with Crippen molar-refractivity contribution in [3.63, 3.8) is 0 Å². The summed E-state index contributed by atoms with van der Waals surface area (Å²) in [7, 11) is -3.18. The van der Waals surface area contributed by atoms with Crippen LogP contribution >= 0.6 is 0 Å². The van der Waals surface area contributed by atoms with Crippen molar-refractivity contribution in [3.05, 3.63) is 29.8 Å². The van der Waals surface area contributed by atoms with Gasteiger partial charge in [-0.05, 0) is 37.8 Å². The second-order valence-corrected chi connectivity index (χ2v) is 8.50. The molecule has 1 aromatic carbocycles. The highest BCUT2D eigenvalue weighted by Gasteiger charge is 2.48. The Morgan fingerprint density at radius 2 is 1.65 bits per heavy atom. The summed E-state index contributed by atoms with van der Waals surface area (Å²) in [6.45, 7) is 0. The molecule has 23 heavy (non-hydrogen) atoms. The van der Waals surface area contributed by atoms with Crippen molar-refractivity contribution in [2.45, 2.75) is 42.5 Å². The Kier molecular flexibility index (Phi) is 3.90. The predicted molar refractivity (Wildman–Crippen MR) is 75.9 cm³/mol. The van der Waals surface area contributed by atoms with Crippen molar-refractivity contribution in [2.24, 2.45) is 5.92 Å². The van der Waals surface area contributed by atoms with E-state index < -0.39 is 44.2 Å². The Hall–Kier alpha value is -1.57. The van der Waals surface area contributed by atoms with E-state index in [1.54, 1.807) is 0 Å². The van der Waals surface area contributed by atoms with Crippen LogP contribution in [0.2, 0.25) is 0 Å². The zero-order valence-electron chi connectivity index (χ0n) is 12.0. The molecule has 126 valence electrons. The van der Waals surface area contributed by atoms with E-state index in [-0.39, 0.29) is 18.4 Å². The van der Waals surface area contributed by atoms with Gasteiger partial charge in [-0.1, -0.05) is 12.1 Å². The summed E-state index contributed by atoms with van der Waals surface area (Å²) in [5.41, 5.74) is -0.145. The fourth-order valence-electron chi connectivity index (χ4n) is 3.53. The van der Waals surface area contributed by atoms with Crippen LogP contribution in [0.5, 0.6) is 5.75 Å². The number of ether oxygens (including phenoxy) is 1. The molecule has 4 nitrogen and oxygen atoms in total. The number of hydrogen-bond acceptors (Lipinski definition) is 4. The Bertz CT molecular complexity index is 706. The first-order valence-corrected chi connectivity index (χ1v) is 8.91. The minimum atomic E-state index is -4.88. The Balaban J connectivity index is 1.85. The molecular weight excluding hydrogens is 333 g/mol. The lowest BCUT2D eigenvalue weighted by Gasteiger charge is -2.27. The first kappa shape index (κ1) is 16.3. The first-order valence-electron chi connectivity index (χ1n) is 7.30. The van der Waals surface area contributed by atoms with Gasteiger partial charge in [-0.25, -0.2) is 8.42 Å². The van der Waals surface area contributed by atoms with Crippen LogP contribution in [0.3, 0.4) is 0 Å². The van der Waals surface area contributed by atoms with Gasteiger partial charge in [-0.15, -0.1) is 13.2 Å². The van der Waals surface area contributed by atoms with E-state index in [9.17, 15) is 26.4 Å². The molecule has 0 spiro atoms. The highest BCUT2D eigenvalue weighted by Crippen LogP contribution is 2.43. The lowest BCUT2D eigenvalue weighted by Crippen LogP contribution is -2.36. The van der Waals surface area contributed by atoms with Crippen LogP contribution < -0.4 is 4.74 Å². The number of carbonyl (C=O) groups excluding carboxylic acids is 1. The lowest BCUT2D eigenvalue weighted by molar-refractivity contribution is -0.274. The molecule has 0 amide bonds. The zero-order chi connectivity index (χ0) is 16.8. The van der Waals surface area contributed by atoms with Gasteiger partial charge < -0.3 is 4.74 Å². The van der Waals surface area contributed by atoms with Crippen LogP contribution in [0, 0.1) is 5.92 Å². The number of para-hydroxylation sites is 1. The maximum Gasteiger partial charge on any atom is 0.573 e. The van der Waals surface area contributed by atoms with Crippen LogP contribution in [-0.2, 0) is 9.84 Å². The van der Waals surface area contributed by atoms with Crippen LogP contribution in [0.4, 0.5) is 13.2 Å². The third-order valence-electron chi connectivity index (χ3n) is 4.58. The van der Waals surface area contributed by atoms with E-state index in [2.05, 4.69) is 4.74 Å². The number of ketones is 1. The maximum atomic E-state index is 12.6. The van der Waals surface area contributed by atoms with Gasteiger partial charge in [0, 0.05) is 5.92 Å². The standard InChI is InChI=1S/C15H15F3O4S/c16-15(17,18)22-13-4-2-1-3-12(13)14(19)9-7-10-5-6-11(8-9)23(10,20)21/h1-4,9-11H,5-8H2. The third kappa shape index (κ3) is 3.08. The van der Waals surface area contributed by atoms with Crippen molar-refractivity contribution >= 4 is 15.6 Å². The topological polar surface area (TPSA) is 60.4 Å². The Morgan fingerprint density at radius 1 is 1.09 bits per heavy atom. The number of benzene rings is 1. The highest BCUT2D eigenvalue weighted by atomic mass is 32.2. The molecule has 2 fully saturated rings. The average molecular weight is 348 g/mol. The van der Waals surface area contributed by atoms with Crippen molar-refractivity contribution < 1.29 is 31.1 Å². The molecule has 2 bridgehead atoms. The highest BCUT2D eigenvalue weighted by molar-refractivity contribution is 7.93. The molecule has 2 aliphatic heterocycles. The van der Waals surface area contributed by atoms with Crippen molar-refractivity contribution in [1.82, 2.24) is 0 Å². The molecule has 2 unspecified atom stereocenters. The Labute approximate surface area is 131 Å². The molecule has 0 aliphatic carbocycles. The van der Waals surface area contributed by atoms with Gasteiger partial charge in [0.15, 0.2) is 15.6 Å². The number of carbonyl (C=O) groups is 1. The second kappa shape index (κ2) is 5.51. The summed E-state index contributed by atoms with van der Waals surface area (Å²) < 4.78 is 65.4. The summed E-state index contributed by atoms with van der Waals surface area (Å²) in [5.74, 6) is -1.59. The summed E-state index contributed by atoms with van der Waals surface area (Å²) >= 11 is 0. The maximum absolute atomic E-state index is 12.6. The number of rotatable bonds is 3. The van der Waals surface area contributed by atoms with Crippen molar-refractivity contribution in [3.8, 4) is 5.75 Å². The number of Topliss-reactive ketones (excluding diaryl/α,β-unsaturated/α-hetero) is 1. The summed E-state index contributed by atoms with van der Waals surface area (Å²) in [5, 5.41) is -1.10. The molecule has 3 rings (SSSR count). The smallest absolute Gasteiger partial charge is 0.405 e. The fourth-order valence-corrected chi connectivity index (χ4v) is 6.00.